The molecule has 1 aliphatic rings. The maximum Gasteiger partial charge on any atom is 0.0724 e. The van der Waals surface area contributed by atoms with Crippen LogP contribution in [0.3, 0.4) is 0 Å². The molecule has 0 spiro atoms. The molecule has 0 amide bonds. The maximum atomic E-state index is 10.3. The second kappa shape index (κ2) is 4.80. The lowest BCUT2D eigenvalue weighted by Gasteiger charge is -2.29. The Morgan fingerprint density at radius 1 is 1.38 bits per heavy atom. The van der Waals surface area contributed by atoms with Crippen LogP contribution in [0.15, 0.2) is 24.3 Å². The van der Waals surface area contributed by atoms with Gasteiger partial charge in [0.05, 0.1) is 6.10 Å². The Kier molecular flexibility index (Phi) is 3.60. The molecule has 1 aromatic carbocycles. The van der Waals surface area contributed by atoms with Gasteiger partial charge < -0.3 is 5.11 Å². The van der Waals surface area contributed by atoms with E-state index >= 15 is 0 Å². The van der Waals surface area contributed by atoms with E-state index in [9.17, 15) is 5.11 Å². The Morgan fingerprint density at radius 3 is 2.62 bits per heavy atom. The molecule has 0 aromatic heterocycles. The first-order valence-electron chi connectivity index (χ1n) is 5.98. The van der Waals surface area contributed by atoms with Crippen molar-refractivity contribution in [3.8, 4) is 0 Å². The van der Waals surface area contributed by atoms with Crippen LogP contribution in [0.2, 0.25) is 0 Å². The lowest BCUT2D eigenvalue weighted by Crippen LogP contribution is -2.35. The molecule has 2 atom stereocenters. The van der Waals surface area contributed by atoms with Crippen LogP contribution >= 0.6 is 11.8 Å². The van der Waals surface area contributed by atoms with Gasteiger partial charge in [-0.1, -0.05) is 29.8 Å². The van der Waals surface area contributed by atoms with Gasteiger partial charge >= 0.3 is 0 Å². The minimum atomic E-state index is -0.220. The summed E-state index contributed by atoms with van der Waals surface area (Å²) in [6.07, 6.45) is 2.95. The van der Waals surface area contributed by atoms with Crippen LogP contribution in [-0.2, 0) is 6.42 Å². The van der Waals surface area contributed by atoms with Crippen LogP contribution < -0.4 is 0 Å². The van der Waals surface area contributed by atoms with Gasteiger partial charge in [0.2, 0.25) is 0 Å². The molecule has 0 bridgehead atoms. The highest BCUT2D eigenvalue weighted by Gasteiger charge is 2.36. The third-order valence-corrected chi connectivity index (χ3v) is 5.13. The van der Waals surface area contributed by atoms with Gasteiger partial charge in [0.15, 0.2) is 0 Å². The van der Waals surface area contributed by atoms with Gasteiger partial charge in [0.1, 0.15) is 0 Å². The minimum absolute atomic E-state index is 0.0743. The van der Waals surface area contributed by atoms with Gasteiger partial charge in [0, 0.05) is 4.75 Å². The normalized spacial score (nSPS) is 26.9. The molecule has 2 heteroatoms. The number of thioether (sulfide) groups is 1. The summed E-state index contributed by atoms with van der Waals surface area (Å²) in [4.78, 5) is 0. The third kappa shape index (κ3) is 2.61. The van der Waals surface area contributed by atoms with E-state index in [1.165, 1.54) is 23.3 Å². The smallest absolute Gasteiger partial charge is 0.0724 e. The predicted molar refractivity (Wildman–Crippen MR) is 71.0 cm³/mol. The molecule has 0 radical (unpaired) electrons. The van der Waals surface area contributed by atoms with Crippen molar-refractivity contribution in [3.05, 3.63) is 35.4 Å². The highest BCUT2D eigenvalue weighted by molar-refractivity contribution is 8.00. The van der Waals surface area contributed by atoms with Gasteiger partial charge in [0.25, 0.3) is 0 Å². The summed E-state index contributed by atoms with van der Waals surface area (Å²) in [5.74, 6) is 1.20. The Morgan fingerprint density at radius 2 is 2.06 bits per heavy atom. The first-order chi connectivity index (χ1) is 7.60. The molecular weight excluding hydrogens is 216 g/mol. The highest BCUT2D eigenvalue weighted by Crippen LogP contribution is 2.41. The summed E-state index contributed by atoms with van der Waals surface area (Å²) in [7, 11) is 0. The van der Waals surface area contributed by atoms with E-state index in [-0.39, 0.29) is 10.9 Å². The summed E-state index contributed by atoms with van der Waals surface area (Å²) in [6.45, 7) is 4.29. The molecule has 1 saturated heterocycles. The van der Waals surface area contributed by atoms with E-state index in [2.05, 4.69) is 38.1 Å². The molecule has 2 rings (SSSR count). The predicted octanol–water partition coefficient (Wildman–Crippen LogP) is 3.18. The second-order valence-corrected chi connectivity index (χ2v) is 6.60. The number of aliphatic hydroxyl groups excluding tert-OH is 1. The summed E-state index contributed by atoms with van der Waals surface area (Å²) in [5, 5.41) is 10.3. The molecule has 0 saturated carbocycles. The van der Waals surface area contributed by atoms with E-state index in [0.29, 0.717) is 0 Å². The number of hydrogen-bond donors (Lipinski definition) is 1. The monoisotopic (exact) mass is 236 g/mol. The molecule has 88 valence electrons. The van der Waals surface area contributed by atoms with Gasteiger partial charge in [-0.15, -0.1) is 0 Å². The molecular formula is C14H20OS. The SMILES string of the molecule is Cc1ccc(CC(O)C2(C)CCCS2)cc1. The van der Waals surface area contributed by atoms with Crippen molar-refractivity contribution in [2.75, 3.05) is 5.75 Å². The average Bonchev–Trinajstić information content (AvgIpc) is 2.70. The Hall–Kier alpha value is -0.470. The van der Waals surface area contributed by atoms with E-state index in [1.807, 2.05) is 11.8 Å². The van der Waals surface area contributed by atoms with Crippen LogP contribution in [0, 0.1) is 6.92 Å². The average molecular weight is 236 g/mol. The van der Waals surface area contributed by atoms with Crippen molar-refractivity contribution in [2.24, 2.45) is 0 Å². The third-order valence-electron chi connectivity index (χ3n) is 3.50. The van der Waals surface area contributed by atoms with E-state index in [0.717, 1.165) is 12.8 Å². The van der Waals surface area contributed by atoms with Crippen LogP contribution in [0.5, 0.6) is 0 Å². The molecule has 1 nitrogen and oxygen atoms in total. The van der Waals surface area contributed by atoms with Gasteiger partial charge in [-0.3, -0.25) is 0 Å². The highest BCUT2D eigenvalue weighted by atomic mass is 32.2. The summed E-state index contributed by atoms with van der Waals surface area (Å²) >= 11 is 1.93. The molecule has 1 heterocycles. The second-order valence-electron chi connectivity index (χ2n) is 4.97. The number of benzene rings is 1. The van der Waals surface area contributed by atoms with Crippen molar-refractivity contribution < 1.29 is 5.11 Å². The van der Waals surface area contributed by atoms with Crippen molar-refractivity contribution in [3.63, 3.8) is 0 Å². The summed E-state index contributed by atoms with van der Waals surface area (Å²) < 4.78 is 0.0743. The van der Waals surface area contributed by atoms with Crippen molar-refractivity contribution in [2.45, 2.75) is 44.0 Å². The largest absolute Gasteiger partial charge is 0.391 e. The summed E-state index contributed by atoms with van der Waals surface area (Å²) in [6, 6.07) is 8.49. The zero-order valence-electron chi connectivity index (χ0n) is 10.1. The zero-order chi connectivity index (χ0) is 11.6. The van der Waals surface area contributed by atoms with Crippen molar-refractivity contribution in [1.82, 2.24) is 0 Å². The first kappa shape index (κ1) is 12.0. The fourth-order valence-corrected chi connectivity index (χ4v) is 3.55. The van der Waals surface area contributed by atoms with Crippen molar-refractivity contribution >= 4 is 11.8 Å². The lowest BCUT2D eigenvalue weighted by atomic mass is 9.93. The molecule has 0 aliphatic carbocycles. The van der Waals surface area contributed by atoms with Crippen LogP contribution in [0.4, 0.5) is 0 Å². The van der Waals surface area contributed by atoms with E-state index in [1.54, 1.807) is 0 Å². The Balaban J connectivity index is 2.01. The topological polar surface area (TPSA) is 20.2 Å². The standard InChI is InChI=1S/C14H20OS/c1-11-4-6-12(7-5-11)10-13(15)14(2)8-3-9-16-14/h4-7,13,15H,3,8-10H2,1-2H3. The zero-order valence-corrected chi connectivity index (χ0v) is 10.9. The molecule has 1 aliphatic heterocycles. The fourth-order valence-electron chi connectivity index (χ4n) is 2.23. The van der Waals surface area contributed by atoms with Gasteiger partial charge in [-0.25, -0.2) is 0 Å². The van der Waals surface area contributed by atoms with Crippen LogP contribution in [0.25, 0.3) is 0 Å². The lowest BCUT2D eigenvalue weighted by molar-refractivity contribution is 0.133. The number of hydrogen-bond acceptors (Lipinski definition) is 2. The number of aryl methyl sites for hydroxylation is 1. The Bertz CT molecular complexity index is 338. The number of aliphatic hydroxyl groups is 1. The maximum absolute atomic E-state index is 10.3. The molecule has 16 heavy (non-hydrogen) atoms. The molecule has 1 aromatic rings. The first-order valence-corrected chi connectivity index (χ1v) is 6.96. The van der Waals surface area contributed by atoms with E-state index in [4.69, 9.17) is 0 Å². The fraction of sp³-hybridized carbons (Fsp3) is 0.571. The Labute approximate surface area is 102 Å². The van der Waals surface area contributed by atoms with E-state index < -0.39 is 0 Å². The molecule has 1 fully saturated rings. The minimum Gasteiger partial charge on any atom is -0.391 e. The molecule has 1 N–H and O–H groups in total. The number of rotatable bonds is 3. The molecule has 2 unspecified atom stereocenters. The van der Waals surface area contributed by atoms with Gasteiger partial charge in [-0.2, -0.15) is 11.8 Å². The van der Waals surface area contributed by atoms with Crippen molar-refractivity contribution in [1.29, 1.82) is 0 Å². The van der Waals surface area contributed by atoms with Crippen LogP contribution in [-0.4, -0.2) is 21.7 Å². The van der Waals surface area contributed by atoms with Crippen LogP contribution in [0.1, 0.15) is 30.9 Å². The quantitative estimate of drug-likeness (QED) is 0.870. The summed E-state index contributed by atoms with van der Waals surface area (Å²) in [5.41, 5.74) is 2.52. The van der Waals surface area contributed by atoms with Gasteiger partial charge in [-0.05, 0) is 44.4 Å².